The third-order valence-electron chi connectivity index (χ3n) is 1.99. The molecule has 16 heavy (non-hydrogen) atoms. The zero-order chi connectivity index (χ0) is 11.6. The molecule has 0 bridgehead atoms. The first-order valence-electron chi connectivity index (χ1n) is 5.72. The summed E-state index contributed by atoms with van der Waals surface area (Å²) in [5.74, 6) is 0. The Morgan fingerprint density at radius 1 is 0.938 bits per heavy atom. The second kappa shape index (κ2) is 12.9. The summed E-state index contributed by atoms with van der Waals surface area (Å²) in [6, 6.07) is 0. The zero-order valence-electron chi connectivity index (χ0n) is 10.2. The summed E-state index contributed by atoms with van der Waals surface area (Å²) >= 11 is 0. The Morgan fingerprint density at radius 3 is 1.62 bits per heavy atom. The van der Waals surface area contributed by atoms with Gasteiger partial charge in [0.05, 0.1) is 13.2 Å². The van der Waals surface area contributed by atoms with Crippen molar-refractivity contribution in [3.8, 4) is 0 Å². The Bertz CT molecular complexity index is 174. The molecule has 0 spiro atoms. The van der Waals surface area contributed by atoms with Crippen molar-refractivity contribution in [2.24, 2.45) is 0 Å². The molecule has 0 aliphatic carbocycles. The molecule has 0 atom stereocenters. The molecule has 0 N–H and O–H groups in total. The summed E-state index contributed by atoms with van der Waals surface area (Å²) in [5.41, 5.74) is 0. The minimum absolute atomic E-state index is 0. The molecule has 0 aromatic rings. The van der Waals surface area contributed by atoms with Gasteiger partial charge in [0, 0.05) is 0 Å². The van der Waals surface area contributed by atoms with Gasteiger partial charge in [0.1, 0.15) is 0 Å². The fraction of sp³-hybridized carbons (Fsp3) is 1.00. The second-order valence-electron chi connectivity index (χ2n) is 3.53. The zero-order valence-corrected chi connectivity index (χ0v) is 14.3. The summed E-state index contributed by atoms with van der Waals surface area (Å²) in [6.45, 7) is 4.58. The first kappa shape index (κ1) is 19.8. The van der Waals surface area contributed by atoms with Gasteiger partial charge in [0.2, 0.25) is 0 Å². The summed E-state index contributed by atoms with van der Waals surface area (Å²) in [5, 5.41) is 0. The van der Waals surface area contributed by atoms with Crippen LogP contribution in [0.1, 0.15) is 52.4 Å². The summed E-state index contributed by atoms with van der Waals surface area (Å²) in [6.07, 6.45) is 5.58. The third kappa shape index (κ3) is 13.5. The summed E-state index contributed by atoms with van der Waals surface area (Å²) in [4.78, 5) is 11.1. The summed E-state index contributed by atoms with van der Waals surface area (Å²) in [7, 11) is -4.02. The van der Waals surface area contributed by atoms with Crippen molar-refractivity contribution in [1.29, 1.82) is 0 Å². The molecule has 0 aromatic carbocycles. The van der Waals surface area contributed by atoms with E-state index in [1.807, 2.05) is 0 Å². The molecule has 93 valence electrons. The molecule has 1 radical (unpaired) electrons. The van der Waals surface area contributed by atoms with Crippen LogP contribution in [0.5, 0.6) is 0 Å². The standard InChI is InChI=1S/C10H23O4P.Nd/c1-3-5-7-9-13-15(11,12)14-10-8-6-4-2;/h3-10H2,1-2H3,(H,11,12);/q;+3/p-1. The molecule has 6 heteroatoms. The number of rotatable bonds is 10. The first-order chi connectivity index (χ1) is 7.12. The van der Waals surface area contributed by atoms with E-state index in [4.69, 9.17) is 0 Å². The van der Waals surface area contributed by atoms with E-state index in [1.165, 1.54) is 0 Å². The minimum Gasteiger partial charge on any atom is -0.756 e. The monoisotopic (exact) mass is 379 g/mol. The topological polar surface area (TPSA) is 58.6 Å². The maximum atomic E-state index is 11.1. The van der Waals surface area contributed by atoms with Crippen molar-refractivity contribution >= 4 is 7.82 Å². The van der Waals surface area contributed by atoms with Gasteiger partial charge < -0.3 is 13.9 Å². The Hall–Kier alpha value is 1.46. The van der Waals surface area contributed by atoms with Gasteiger partial charge in [-0.05, 0) is 12.8 Å². The van der Waals surface area contributed by atoms with Crippen LogP contribution >= 0.6 is 7.82 Å². The van der Waals surface area contributed by atoms with E-state index in [1.54, 1.807) is 0 Å². The van der Waals surface area contributed by atoms with Crippen LogP contribution in [0, 0.1) is 40.8 Å². The van der Waals surface area contributed by atoms with Crippen LogP contribution in [0.15, 0.2) is 0 Å². The van der Waals surface area contributed by atoms with Crippen molar-refractivity contribution in [2.45, 2.75) is 52.4 Å². The van der Waals surface area contributed by atoms with Gasteiger partial charge in [-0.2, -0.15) is 0 Å². The molecule has 0 heterocycles. The van der Waals surface area contributed by atoms with Crippen molar-refractivity contribution < 1.29 is 59.3 Å². The normalized spacial score (nSPS) is 11.2. The predicted molar refractivity (Wildman–Crippen MR) is 58.6 cm³/mol. The predicted octanol–water partition coefficient (Wildman–Crippen LogP) is 2.87. The molecule has 0 rings (SSSR count). The molecular formula is C10H22NdO4P+2. The third-order valence-corrected chi connectivity index (χ3v) is 2.99. The van der Waals surface area contributed by atoms with Crippen LogP contribution < -0.4 is 4.89 Å². The molecule has 0 aliphatic rings. The van der Waals surface area contributed by atoms with Gasteiger partial charge in [-0.3, -0.25) is 4.57 Å². The first-order valence-corrected chi connectivity index (χ1v) is 7.18. The summed E-state index contributed by atoms with van der Waals surface area (Å²) < 4.78 is 20.5. The molecule has 0 unspecified atom stereocenters. The molecular weight excluding hydrogens is 359 g/mol. The van der Waals surface area contributed by atoms with Crippen molar-refractivity contribution in [2.75, 3.05) is 13.2 Å². The number of hydrogen-bond donors (Lipinski definition) is 0. The van der Waals surface area contributed by atoms with E-state index >= 15 is 0 Å². The second-order valence-corrected chi connectivity index (χ2v) is 4.94. The smallest absolute Gasteiger partial charge is 0.756 e. The average Bonchev–Trinajstić information content (AvgIpc) is 2.20. The molecule has 0 aromatic heterocycles. The Morgan fingerprint density at radius 2 is 1.31 bits per heavy atom. The van der Waals surface area contributed by atoms with E-state index in [9.17, 15) is 9.46 Å². The fourth-order valence-electron chi connectivity index (χ4n) is 1.09. The van der Waals surface area contributed by atoms with E-state index < -0.39 is 7.82 Å². The van der Waals surface area contributed by atoms with Crippen LogP contribution in [0.3, 0.4) is 0 Å². The number of phosphoric acid groups is 1. The molecule has 4 nitrogen and oxygen atoms in total. The number of phosphoric ester groups is 1. The van der Waals surface area contributed by atoms with E-state index in [0.29, 0.717) is 0 Å². The van der Waals surface area contributed by atoms with Crippen LogP contribution in [0.25, 0.3) is 0 Å². The van der Waals surface area contributed by atoms with Gasteiger partial charge in [-0.15, -0.1) is 0 Å². The van der Waals surface area contributed by atoms with E-state index in [2.05, 4.69) is 22.9 Å². The van der Waals surface area contributed by atoms with Crippen molar-refractivity contribution in [3.05, 3.63) is 0 Å². The molecule has 0 fully saturated rings. The average molecular weight is 381 g/mol. The van der Waals surface area contributed by atoms with Gasteiger partial charge in [0.15, 0.2) is 0 Å². The van der Waals surface area contributed by atoms with Crippen LogP contribution in [0.2, 0.25) is 0 Å². The quantitative estimate of drug-likeness (QED) is 0.431. The number of unbranched alkanes of at least 4 members (excludes halogenated alkanes) is 4. The minimum atomic E-state index is -4.02. The number of hydrogen-bond acceptors (Lipinski definition) is 4. The maximum Gasteiger partial charge on any atom is 3.00 e. The van der Waals surface area contributed by atoms with Crippen molar-refractivity contribution in [3.63, 3.8) is 0 Å². The molecule has 0 aliphatic heterocycles. The molecule has 0 saturated carbocycles. The van der Waals surface area contributed by atoms with Gasteiger partial charge in [0.25, 0.3) is 7.82 Å². The van der Waals surface area contributed by atoms with Gasteiger partial charge >= 0.3 is 40.8 Å². The van der Waals surface area contributed by atoms with Gasteiger partial charge in [-0.25, -0.2) is 0 Å². The van der Waals surface area contributed by atoms with Crippen LogP contribution in [-0.4, -0.2) is 13.2 Å². The van der Waals surface area contributed by atoms with E-state index in [0.717, 1.165) is 38.5 Å². The van der Waals surface area contributed by atoms with Crippen molar-refractivity contribution in [1.82, 2.24) is 0 Å². The fourth-order valence-corrected chi connectivity index (χ4v) is 1.87. The molecule has 0 amide bonds. The molecule has 0 saturated heterocycles. The Labute approximate surface area is 132 Å². The maximum absolute atomic E-state index is 11.1. The Kier molecular flexibility index (Phi) is 16.0. The SMILES string of the molecule is CCCCCOP(=O)([O-])OCCCCC.[Nd+3]. The van der Waals surface area contributed by atoms with Crippen LogP contribution in [0.4, 0.5) is 0 Å². The van der Waals surface area contributed by atoms with Gasteiger partial charge in [-0.1, -0.05) is 39.5 Å². The van der Waals surface area contributed by atoms with Crippen LogP contribution in [-0.2, 0) is 13.6 Å². The Balaban J connectivity index is 0. The largest absolute Gasteiger partial charge is 3.00 e. The van der Waals surface area contributed by atoms with E-state index in [-0.39, 0.29) is 54.1 Å².